The van der Waals surface area contributed by atoms with E-state index in [1.165, 1.54) is 13.8 Å². The molecule has 0 saturated heterocycles. The molecule has 0 aromatic heterocycles. The quantitative estimate of drug-likeness (QED) is 0.186. The number of esters is 3. The molecule has 2 aliphatic rings. The Balaban J connectivity index is 1.43. The topological polar surface area (TPSA) is 120 Å². The molecule has 47 heavy (non-hydrogen) atoms. The van der Waals surface area contributed by atoms with Crippen molar-refractivity contribution in [3.63, 3.8) is 0 Å². The summed E-state index contributed by atoms with van der Waals surface area (Å²) in [7, 11) is 3.84. The minimum Gasteiger partial charge on any atom is -0.455 e. The Hall–Kier alpha value is -5.74. The lowest BCUT2D eigenvalue weighted by Gasteiger charge is -2.37. The normalized spacial score (nSPS) is 13.9. The zero-order chi connectivity index (χ0) is 33.0. The molecule has 5 aromatic carbocycles. The fourth-order valence-electron chi connectivity index (χ4n) is 6.34. The van der Waals surface area contributed by atoms with Crippen molar-refractivity contribution in [3.8, 4) is 23.0 Å². The highest BCUT2D eigenvalue weighted by Crippen LogP contribution is 2.59. The zero-order valence-corrected chi connectivity index (χ0v) is 26.1. The molecule has 5 aromatic rings. The molecule has 0 bridgehead atoms. The van der Waals surface area contributed by atoms with Crippen LogP contribution in [-0.2, 0) is 19.9 Å². The maximum Gasteiger partial charge on any atom is 0.340 e. The van der Waals surface area contributed by atoms with Gasteiger partial charge >= 0.3 is 17.9 Å². The van der Waals surface area contributed by atoms with Gasteiger partial charge in [-0.15, -0.1) is 0 Å². The molecule has 2 aliphatic heterocycles. The molecule has 0 unspecified atom stereocenters. The molecule has 1 amide bonds. The van der Waals surface area contributed by atoms with Crippen molar-refractivity contribution in [1.29, 1.82) is 0 Å². The van der Waals surface area contributed by atoms with E-state index in [1.54, 1.807) is 54.6 Å². The fourth-order valence-corrected chi connectivity index (χ4v) is 6.34. The van der Waals surface area contributed by atoms with Crippen LogP contribution in [0.25, 0.3) is 21.5 Å². The van der Waals surface area contributed by atoms with E-state index in [2.05, 4.69) is 5.32 Å². The van der Waals surface area contributed by atoms with Crippen LogP contribution in [0.1, 0.15) is 51.3 Å². The van der Waals surface area contributed by atoms with Gasteiger partial charge in [-0.1, -0.05) is 18.2 Å². The van der Waals surface area contributed by atoms with Crippen molar-refractivity contribution in [2.75, 3.05) is 27.2 Å². The average molecular weight is 631 g/mol. The summed E-state index contributed by atoms with van der Waals surface area (Å²) >= 11 is 0. The van der Waals surface area contributed by atoms with E-state index in [-0.39, 0.29) is 11.5 Å². The molecular weight excluding hydrogens is 600 g/mol. The lowest BCUT2D eigenvalue weighted by molar-refractivity contribution is -0.132. The molecule has 2 heterocycles. The SMILES string of the molecule is CC(=O)Oc1ccc2c3c(ccc2c1)C1(OC(=O)c2cc(C(=O)NCCN(C)C)ccc21)c1ccc2cc(OC(C)=O)ccc2c1O3. The number of nitrogens with one attached hydrogen (secondary N) is 1. The van der Waals surface area contributed by atoms with Crippen molar-refractivity contribution < 1.29 is 38.1 Å². The maximum atomic E-state index is 13.8. The average Bonchev–Trinajstić information content (AvgIpc) is 3.31. The monoisotopic (exact) mass is 630 g/mol. The Morgan fingerprint density at radius 3 is 1.83 bits per heavy atom. The largest absolute Gasteiger partial charge is 0.455 e. The Bertz CT molecular complexity index is 2060. The third kappa shape index (κ3) is 5.03. The second-order valence-corrected chi connectivity index (χ2v) is 11.8. The first kappa shape index (κ1) is 29.9. The van der Waals surface area contributed by atoms with Crippen LogP contribution in [0.2, 0.25) is 0 Å². The van der Waals surface area contributed by atoms with Crippen molar-refractivity contribution >= 4 is 45.4 Å². The molecule has 10 heteroatoms. The standard InChI is InChI=1S/C37H30N2O8/c1-20(40)44-25-8-10-27-22(17-25)5-13-31-33(27)46-34-28-11-9-26(45-21(2)41)18-23(28)6-14-32(34)37(31)30-12-7-24(19-29(30)36(43)47-37)35(42)38-15-16-39(3)4/h5-14,17-19H,15-16H2,1-4H3,(H,38,42). The Morgan fingerprint density at radius 2 is 1.30 bits per heavy atom. The lowest BCUT2D eigenvalue weighted by atomic mass is 9.76. The van der Waals surface area contributed by atoms with Gasteiger partial charge in [0.05, 0.1) is 5.56 Å². The van der Waals surface area contributed by atoms with E-state index in [1.807, 2.05) is 43.3 Å². The predicted octanol–water partition coefficient (Wildman–Crippen LogP) is 5.70. The smallest absolute Gasteiger partial charge is 0.340 e. The van der Waals surface area contributed by atoms with Crippen molar-refractivity contribution in [2.24, 2.45) is 0 Å². The summed E-state index contributed by atoms with van der Waals surface area (Å²) in [5, 5.41) is 5.80. The van der Waals surface area contributed by atoms with E-state index >= 15 is 0 Å². The molecule has 0 radical (unpaired) electrons. The molecule has 0 aliphatic carbocycles. The highest BCUT2D eigenvalue weighted by Gasteiger charge is 2.54. The van der Waals surface area contributed by atoms with Gasteiger partial charge in [-0.05, 0) is 85.5 Å². The second-order valence-electron chi connectivity index (χ2n) is 11.8. The van der Waals surface area contributed by atoms with Gasteiger partial charge in [-0.3, -0.25) is 14.4 Å². The molecule has 10 nitrogen and oxygen atoms in total. The molecule has 7 rings (SSSR count). The van der Waals surface area contributed by atoms with Crippen LogP contribution < -0.4 is 19.5 Å². The van der Waals surface area contributed by atoms with Gasteiger partial charge in [0.15, 0.2) is 5.60 Å². The summed E-state index contributed by atoms with van der Waals surface area (Å²) in [4.78, 5) is 52.0. The minimum absolute atomic E-state index is 0.277. The maximum absolute atomic E-state index is 13.8. The number of carbonyl (C=O) groups is 4. The Labute approximate surface area is 269 Å². The second kappa shape index (κ2) is 11.3. The van der Waals surface area contributed by atoms with Crippen LogP contribution in [0, 0.1) is 0 Å². The Kier molecular flexibility index (Phi) is 7.17. The number of benzene rings is 5. The van der Waals surface area contributed by atoms with Gasteiger partial charge < -0.3 is 29.2 Å². The molecule has 236 valence electrons. The van der Waals surface area contributed by atoms with E-state index in [4.69, 9.17) is 18.9 Å². The number of fused-ring (bicyclic) bond motifs is 10. The van der Waals surface area contributed by atoms with Gasteiger partial charge in [0, 0.05) is 60.0 Å². The van der Waals surface area contributed by atoms with Crippen molar-refractivity contribution in [1.82, 2.24) is 10.2 Å². The third-order valence-corrected chi connectivity index (χ3v) is 8.34. The highest BCUT2D eigenvalue weighted by molar-refractivity contribution is 6.04. The van der Waals surface area contributed by atoms with Crippen LogP contribution in [0.5, 0.6) is 23.0 Å². The van der Waals surface area contributed by atoms with E-state index in [9.17, 15) is 19.2 Å². The summed E-state index contributed by atoms with van der Waals surface area (Å²) in [6.45, 7) is 3.79. The first-order valence-corrected chi connectivity index (χ1v) is 15.0. The molecule has 0 saturated carbocycles. The van der Waals surface area contributed by atoms with Crippen LogP contribution in [0.3, 0.4) is 0 Å². The summed E-state index contributed by atoms with van der Waals surface area (Å²) in [6, 6.07) is 22.9. The number of hydrogen-bond acceptors (Lipinski definition) is 9. The van der Waals surface area contributed by atoms with Gasteiger partial charge in [0.1, 0.15) is 23.0 Å². The predicted molar refractivity (Wildman–Crippen MR) is 173 cm³/mol. The summed E-state index contributed by atoms with van der Waals surface area (Å²) in [5.41, 5.74) is 0.996. The zero-order valence-electron chi connectivity index (χ0n) is 26.1. The number of likely N-dealkylation sites (N-methyl/N-ethyl adjacent to an activating group) is 1. The van der Waals surface area contributed by atoms with E-state index in [0.717, 1.165) is 10.8 Å². The van der Waals surface area contributed by atoms with Gasteiger partial charge in [0.25, 0.3) is 5.91 Å². The van der Waals surface area contributed by atoms with Gasteiger partial charge in [0.2, 0.25) is 0 Å². The summed E-state index contributed by atoms with van der Waals surface area (Å²) in [6.07, 6.45) is 0. The lowest BCUT2D eigenvalue weighted by Crippen LogP contribution is -2.33. The van der Waals surface area contributed by atoms with E-state index in [0.29, 0.717) is 69.1 Å². The van der Waals surface area contributed by atoms with Crippen molar-refractivity contribution in [2.45, 2.75) is 19.4 Å². The number of carbonyl (C=O) groups excluding carboxylic acids is 4. The van der Waals surface area contributed by atoms with Crippen LogP contribution >= 0.6 is 0 Å². The molecular formula is C37H30N2O8. The molecule has 0 fully saturated rings. The first-order valence-electron chi connectivity index (χ1n) is 15.0. The minimum atomic E-state index is -1.40. The Morgan fingerprint density at radius 1 is 0.745 bits per heavy atom. The summed E-state index contributed by atoms with van der Waals surface area (Å²) < 4.78 is 23.8. The van der Waals surface area contributed by atoms with Gasteiger partial charge in [-0.2, -0.15) is 0 Å². The number of ether oxygens (including phenoxy) is 4. The number of hydrogen-bond donors (Lipinski definition) is 1. The van der Waals surface area contributed by atoms with Crippen LogP contribution in [0.15, 0.2) is 78.9 Å². The third-order valence-electron chi connectivity index (χ3n) is 8.34. The van der Waals surface area contributed by atoms with Crippen LogP contribution in [-0.4, -0.2) is 55.9 Å². The molecule has 0 atom stereocenters. The number of rotatable bonds is 6. The van der Waals surface area contributed by atoms with E-state index < -0.39 is 23.5 Å². The molecule has 1 N–H and O–H groups in total. The fraction of sp³-hybridized carbons (Fsp3) is 0.189. The van der Waals surface area contributed by atoms with Gasteiger partial charge in [-0.25, -0.2) is 4.79 Å². The summed E-state index contributed by atoms with van der Waals surface area (Å²) in [5.74, 6) is -0.0453. The number of amides is 1. The first-order chi connectivity index (χ1) is 22.5. The number of nitrogens with zero attached hydrogens (tertiary/aromatic N) is 1. The molecule has 1 spiro atoms. The highest BCUT2D eigenvalue weighted by atomic mass is 16.6. The van der Waals surface area contributed by atoms with Crippen molar-refractivity contribution in [3.05, 3.63) is 107 Å². The van der Waals surface area contributed by atoms with Crippen LogP contribution in [0.4, 0.5) is 0 Å².